The van der Waals surface area contributed by atoms with Crippen molar-refractivity contribution in [1.29, 1.82) is 0 Å². The minimum Gasteiger partial charge on any atom is -0.481 e. The predicted octanol–water partition coefficient (Wildman–Crippen LogP) is 4.20. The highest BCUT2D eigenvalue weighted by Gasteiger charge is 2.25. The summed E-state index contributed by atoms with van der Waals surface area (Å²) in [7, 11) is 1.61. The van der Waals surface area contributed by atoms with Gasteiger partial charge in [0.1, 0.15) is 0 Å². The van der Waals surface area contributed by atoms with Gasteiger partial charge in [0.15, 0.2) is 0 Å². The molecule has 0 fully saturated rings. The molecule has 0 aliphatic rings. The minimum absolute atomic E-state index is 0.166. The maximum Gasteiger partial charge on any atom is 0.212 e. The molecule has 0 spiro atoms. The summed E-state index contributed by atoms with van der Waals surface area (Å²) < 4.78 is 5.23. The Morgan fingerprint density at radius 3 is 1.79 bits per heavy atom. The highest BCUT2D eigenvalue weighted by molar-refractivity contribution is 5.65. The van der Waals surface area contributed by atoms with Crippen molar-refractivity contribution in [2.45, 2.75) is 6.04 Å². The molecule has 4 rings (SSSR count). The Morgan fingerprint density at radius 2 is 1.32 bits per heavy atom. The monoisotopic (exact) mass is 369 g/mol. The zero-order valence-electron chi connectivity index (χ0n) is 15.4. The molecule has 138 valence electrons. The SMILES string of the molecule is COc1ccc(C(c2cccnc2)N(c2cccnc2)c2cccnc2)cn1. The lowest BCUT2D eigenvalue weighted by molar-refractivity contribution is 0.397. The van der Waals surface area contributed by atoms with Crippen LogP contribution in [0.4, 0.5) is 11.4 Å². The summed E-state index contributed by atoms with van der Waals surface area (Å²) in [5.41, 5.74) is 3.92. The standard InChI is InChI=1S/C22H19N5O/c1-28-21-9-8-18(14-26-21)22(17-5-2-10-23-13-17)27(19-6-3-11-24-15-19)20-7-4-12-25-16-20/h2-16,22H,1H3. The largest absolute Gasteiger partial charge is 0.481 e. The van der Waals surface area contributed by atoms with E-state index >= 15 is 0 Å². The third-order valence-corrected chi connectivity index (χ3v) is 4.39. The zero-order chi connectivity index (χ0) is 19.2. The molecule has 0 aliphatic heterocycles. The number of pyridine rings is 4. The molecule has 4 heterocycles. The van der Waals surface area contributed by atoms with Crippen LogP contribution in [0.25, 0.3) is 0 Å². The van der Waals surface area contributed by atoms with Gasteiger partial charge in [-0.15, -0.1) is 0 Å². The Morgan fingerprint density at radius 1 is 0.714 bits per heavy atom. The molecule has 1 unspecified atom stereocenters. The Balaban J connectivity index is 1.90. The smallest absolute Gasteiger partial charge is 0.212 e. The summed E-state index contributed by atoms with van der Waals surface area (Å²) in [6, 6.07) is 15.6. The van der Waals surface area contributed by atoms with Gasteiger partial charge in [0, 0.05) is 37.1 Å². The van der Waals surface area contributed by atoms with E-state index in [1.54, 1.807) is 25.7 Å². The summed E-state index contributed by atoms with van der Waals surface area (Å²) in [5, 5.41) is 0. The molecule has 28 heavy (non-hydrogen) atoms. The first-order chi connectivity index (χ1) is 13.9. The number of aromatic nitrogens is 4. The van der Waals surface area contributed by atoms with E-state index in [1.807, 2.05) is 67.3 Å². The fourth-order valence-electron chi connectivity index (χ4n) is 3.14. The predicted molar refractivity (Wildman–Crippen MR) is 107 cm³/mol. The van der Waals surface area contributed by atoms with Crippen molar-refractivity contribution in [1.82, 2.24) is 19.9 Å². The quantitative estimate of drug-likeness (QED) is 0.507. The lowest BCUT2D eigenvalue weighted by Crippen LogP contribution is -2.25. The van der Waals surface area contributed by atoms with Gasteiger partial charge in [0.2, 0.25) is 5.88 Å². The lowest BCUT2D eigenvalue weighted by atomic mass is 9.98. The molecular formula is C22H19N5O. The van der Waals surface area contributed by atoms with E-state index in [1.165, 1.54) is 0 Å². The number of ether oxygens (including phenoxy) is 1. The Kier molecular flexibility index (Phi) is 5.20. The van der Waals surface area contributed by atoms with E-state index in [9.17, 15) is 0 Å². The Hall–Kier alpha value is -3.80. The molecule has 0 saturated carbocycles. The first-order valence-electron chi connectivity index (χ1n) is 8.86. The molecule has 6 nitrogen and oxygen atoms in total. The maximum atomic E-state index is 5.23. The molecule has 0 aromatic carbocycles. The molecule has 0 amide bonds. The Bertz CT molecular complexity index is 956. The molecule has 0 bridgehead atoms. The van der Waals surface area contributed by atoms with Gasteiger partial charge in [-0.25, -0.2) is 4.98 Å². The molecule has 4 aromatic heterocycles. The van der Waals surface area contributed by atoms with Crippen molar-refractivity contribution in [2.75, 3.05) is 12.0 Å². The van der Waals surface area contributed by atoms with Crippen LogP contribution < -0.4 is 9.64 Å². The number of anilines is 2. The molecule has 0 radical (unpaired) electrons. The summed E-state index contributed by atoms with van der Waals surface area (Å²) in [5.74, 6) is 0.572. The maximum absolute atomic E-state index is 5.23. The van der Waals surface area contributed by atoms with Crippen molar-refractivity contribution in [3.8, 4) is 5.88 Å². The second kappa shape index (κ2) is 8.26. The summed E-state index contributed by atoms with van der Waals surface area (Å²) >= 11 is 0. The summed E-state index contributed by atoms with van der Waals surface area (Å²) in [4.78, 5) is 19.6. The fraction of sp³-hybridized carbons (Fsp3) is 0.0909. The highest BCUT2D eigenvalue weighted by atomic mass is 16.5. The third kappa shape index (κ3) is 3.66. The van der Waals surface area contributed by atoms with Crippen LogP contribution in [-0.4, -0.2) is 27.0 Å². The van der Waals surface area contributed by atoms with Crippen LogP contribution >= 0.6 is 0 Å². The van der Waals surface area contributed by atoms with Gasteiger partial charge in [-0.2, -0.15) is 0 Å². The number of hydrogen-bond donors (Lipinski definition) is 0. The second-order valence-corrected chi connectivity index (χ2v) is 6.12. The van der Waals surface area contributed by atoms with Crippen LogP contribution in [0.15, 0.2) is 91.9 Å². The molecule has 0 saturated heterocycles. The van der Waals surface area contributed by atoms with E-state index in [2.05, 4.69) is 30.9 Å². The van der Waals surface area contributed by atoms with Crippen molar-refractivity contribution in [3.63, 3.8) is 0 Å². The Labute approximate surface area is 163 Å². The van der Waals surface area contributed by atoms with Crippen molar-refractivity contribution < 1.29 is 4.74 Å². The summed E-state index contributed by atoms with van der Waals surface area (Å²) in [6.45, 7) is 0. The molecule has 6 heteroatoms. The molecule has 4 aromatic rings. The molecule has 0 aliphatic carbocycles. The van der Waals surface area contributed by atoms with Crippen LogP contribution in [-0.2, 0) is 0 Å². The van der Waals surface area contributed by atoms with E-state index in [4.69, 9.17) is 4.74 Å². The van der Waals surface area contributed by atoms with Gasteiger partial charge in [0.25, 0.3) is 0 Å². The number of hydrogen-bond acceptors (Lipinski definition) is 6. The average Bonchev–Trinajstić information content (AvgIpc) is 2.79. The highest BCUT2D eigenvalue weighted by Crippen LogP contribution is 2.38. The van der Waals surface area contributed by atoms with E-state index in [0.29, 0.717) is 5.88 Å². The molecule has 1 atom stereocenters. The van der Waals surface area contributed by atoms with Gasteiger partial charge < -0.3 is 9.64 Å². The summed E-state index contributed by atoms with van der Waals surface area (Å²) in [6.07, 6.45) is 12.7. The zero-order valence-corrected chi connectivity index (χ0v) is 15.4. The molecular weight excluding hydrogens is 350 g/mol. The minimum atomic E-state index is -0.166. The number of rotatable bonds is 6. The average molecular weight is 369 g/mol. The molecule has 0 N–H and O–H groups in total. The van der Waals surface area contributed by atoms with Gasteiger partial charge in [-0.3, -0.25) is 15.0 Å². The second-order valence-electron chi connectivity index (χ2n) is 6.12. The normalized spacial score (nSPS) is 11.6. The first kappa shape index (κ1) is 17.6. The fourth-order valence-corrected chi connectivity index (χ4v) is 3.14. The number of methoxy groups -OCH3 is 1. The van der Waals surface area contributed by atoms with E-state index < -0.39 is 0 Å². The van der Waals surface area contributed by atoms with Crippen LogP contribution in [0.2, 0.25) is 0 Å². The van der Waals surface area contributed by atoms with Gasteiger partial charge in [-0.05, 0) is 47.5 Å². The van der Waals surface area contributed by atoms with Crippen molar-refractivity contribution >= 4 is 11.4 Å². The van der Waals surface area contributed by atoms with Crippen molar-refractivity contribution in [2.24, 2.45) is 0 Å². The lowest BCUT2D eigenvalue weighted by Gasteiger charge is -2.33. The number of nitrogens with zero attached hydrogens (tertiary/aromatic N) is 5. The van der Waals surface area contributed by atoms with Gasteiger partial charge in [0.05, 0.1) is 36.9 Å². The van der Waals surface area contributed by atoms with E-state index in [0.717, 1.165) is 22.5 Å². The van der Waals surface area contributed by atoms with Crippen LogP contribution in [0.5, 0.6) is 5.88 Å². The topological polar surface area (TPSA) is 64.0 Å². The first-order valence-corrected chi connectivity index (χ1v) is 8.86. The van der Waals surface area contributed by atoms with Gasteiger partial charge >= 0.3 is 0 Å². The van der Waals surface area contributed by atoms with Gasteiger partial charge in [-0.1, -0.05) is 6.07 Å². The van der Waals surface area contributed by atoms with Crippen LogP contribution in [0.3, 0.4) is 0 Å². The third-order valence-electron chi connectivity index (χ3n) is 4.39. The van der Waals surface area contributed by atoms with Crippen molar-refractivity contribution in [3.05, 3.63) is 103 Å². The van der Waals surface area contributed by atoms with E-state index in [-0.39, 0.29) is 6.04 Å². The van der Waals surface area contributed by atoms with Crippen LogP contribution in [0, 0.1) is 0 Å². The van der Waals surface area contributed by atoms with Crippen LogP contribution in [0.1, 0.15) is 17.2 Å².